The minimum absolute atomic E-state index is 0.00925. The lowest BCUT2D eigenvalue weighted by molar-refractivity contribution is -0.129. The Labute approximate surface area is 454 Å². The van der Waals surface area contributed by atoms with Crippen LogP contribution in [0.3, 0.4) is 0 Å². The van der Waals surface area contributed by atoms with E-state index in [-0.39, 0.29) is 62.2 Å². The number of nitrogens with one attached hydrogen (secondary N) is 1. The lowest BCUT2D eigenvalue weighted by Crippen LogP contribution is -2.44. The first kappa shape index (κ1) is 55.1. The Hall–Kier alpha value is -8.70. The summed E-state index contributed by atoms with van der Waals surface area (Å²) < 4.78 is 56.3. The molecular weight excluding hydrogens is 1070 g/mol. The molecule has 0 radical (unpaired) electrons. The quantitative estimate of drug-likeness (QED) is 0.117. The highest BCUT2D eigenvalue weighted by molar-refractivity contribution is 7.21. The van der Waals surface area contributed by atoms with Gasteiger partial charge in [-0.1, -0.05) is 22.7 Å². The van der Waals surface area contributed by atoms with Gasteiger partial charge < -0.3 is 29.2 Å². The van der Waals surface area contributed by atoms with E-state index < -0.39 is 64.3 Å². The van der Waals surface area contributed by atoms with Crippen LogP contribution < -0.4 is 37.3 Å². The molecule has 2 aromatic carbocycles. The van der Waals surface area contributed by atoms with Gasteiger partial charge in [0.25, 0.3) is 11.1 Å². The summed E-state index contributed by atoms with van der Waals surface area (Å²) in [6.45, 7) is 3.91. The Kier molecular flexibility index (Phi) is 16.4. The summed E-state index contributed by atoms with van der Waals surface area (Å²) in [4.78, 5) is 86.0. The number of carbonyl (C=O) groups excluding carboxylic acids is 2. The van der Waals surface area contributed by atoms with Gasteiger partial charge in [-0.2, -0.15) is 30.9 Å². The van der Waals surface area contributed by atoms with Crippen LogP contribution in [0, 0.1) is 48.1 Å². The number of rotatable bonds is 18. The van der Waals surface area contributed by atoms with Crippen LogP contribution in [0.5, 0.6) is 11.5 Å². The molecule has 0 bridgehead atoms. The van der Waals surface area contributed by atoms with E-state index in [1.165, 1.54) is 99.0 Å². The number of thiophene rings is 2. The Balaban J connectivity index is 0.000000192. The second-order valence-corrected chi connectivity index (χ2v) is 20.1. The standard InChI is InChI=1S/C26H26FN7O5S.C25H24FN7O5S/c1-15-21-23(36)33(18-7-11-31(2)22(18)35)26(37)32(25(21)40-24(15)34-29-9-10-30-34)14-20(39-12-4-8-28)17-13-16(27)5-6-19(17)38-3;1-14-20-22(35)32(17-6-8-28-21(17)34)25(36)31(24(20)39-23(14)33-29-9-10-30-33)13-19(38-11-3-7-27)16-12-15(26)4-5-18(16)37-2/h5-6,9-10,13,18,20H,4,7,11-12,14H2,1-3H3;4-5,9-10,12,17,19H,3,6,8,11,13H2,1-2H3,(H,28,34)/t18-,20-;17-,19-/m00/s1. The third-order valence-corrected chi connectivity index (χ3v) is 16.1. The van der Waals surface area contributed by atoms with Crippen molar-refractivity contribution in [3.8, 4) is 33.6 Å². The first-order valence-corrected chi connectivity index (χ1v) is 26.2. The van der Waals surface area contributed by atoms with E-state index in [0.29, 0.717) is 72.9 Å². The highest BCUT2D eigenvalue weighted by Gasteiger charge is 2.37. The summed E-state index contributed by atoms with van der Waals surface area (Å²) in [5.41, 5.74) is -0.828. The SMILES string of the molecule is COc1ccc(F)cc1[C@H](Cn1c(=O)n([C@H]2CCN(C)C2=O)c(=O)c2c(C)c(-n3nccn3)sc21)OCCC#N.COc1ccc(F)cc1[C@H](Cn1c(=O)n([C@H]2CCNC2=O)c(=O)c2c(C)c(-n3nccn3)sc21)OCCC#N. The smallest absolute Gasteiger partial charge is 0.332 e. The number of benzene rings is 2. The van der Waals surface area contributed by atoms with Gasteiger partial charge in [-0.25, -0.2) is 27.5 Å². The summed E-state index contributed by atoms with van der Waals surface area (Å²) in [5, 5.41) is 39.0. The van der Waals surface area contributed by atoms with E-state index in [4.69, 9.17) is 29.5 Å². The van der Waals surface area contributed by atoms with Crippen LogP contribution in [0.25, 0.3) is 30.4 Å². The highest BCUT2D eigenvalue weighted by Crippen LogP contribution is 2.37. The molecule has 2 saturated heterocycles. The van der Waals surface area contributed by atoms with Crippen molar-refractivity contribution in [2.75, 3.05) is 47.6 Å². The van der Waals surface area contributed by atoms with Crippen LogP contribution in [0.2, 0.25) is 0 Å². The van der Waals surface area contributed by atoms with Gasteiger partial charge in [0.05, 0.1) is 101 Å². The van der Waals surface area contributed by atoms with E-state index in [0.717, 1.165) is 31.8 Å². The molecule has 6 aromatic heterocycles. The summed E-state index contributed by atoms with van der Waals surface area (Å²) in [6, 6.07) is 9.95. The number of nitriles is 2. The summed E-state index contributed by atoms with van der Waals surface area (Å²) >= 11 is 2.29. The van der Waals surface area contributed by atoms with E-state index in [1.807, 2.05) is 12.1 Å². The number of likely N-dealkylation sites (N-methyl/N-ethyl adjacent to an activating group) is 1. The lowest BCUT2D eigenvalue weighted by Gasteiger charge is -2.23. The molecule has 0 unspecified atom stereocenters. The number of amides is 2. The van der Waals surface area contributed by atoms with Crippen molar-refractivity contribution in [1.82, 2.24) is 58.5 Å². The molecule has 24 nitrogen and oxygen atoms in total. The topological polar surface area (TPSA) is 283 Å². The molecule has 2 amide bonds. The number of halogens is 2. The van der Waals surface area contributed by atoms with Crippen LogP contribution in [0.1, 0.15) is 72.2 Å². The van der Waals surface area contributed by atoms with Crippen LogP contribution in [-0.2, 0) is 32.2 Å². The molecular formula is C51H50F2N14O10S2. The van der Waals surface area contributed by atoms with E-state index >= 15 is 0 Å². The van der Waals surface area contributed by atoms with Crippen LogP contribution in [-0.4, -0.2) is 113 Å². The number of carbonyl (C=O) groups is 2. The number of methoxy groups -OCH3 is 2. The number of hydrogen-bond donors (Lipinski definition) is 1. The molecule has 2 aliphatic heterocycles. The van der Waals surface area contributed by atoms with Gasteiger partial charge in [0.15, 0.2) is 0 Å². The maximum absolute atomic E-state index is 14.4. The number of aryl methyl sites for hydroxylation is 2. The van der Waals surface area contributed by atoms with Gasteiger partial charge in [0, 0.05) is 42.4 Å². The fourth-order valence-electron chi connectivity index (χ4n) is 9.69. The summed E-state index contributed by atoms with van der Waals surface area (Å²) in [7, 11) is 4.48. The molecule has 8 aromatic rings. The zero-order chi connectivity index (χ0) is 56.2. The molecule has 2 aliphatic rings. The van der Waals surface area contributed by atoms with E-state index in [2.05, 4.69) is 25.7 Å². The van der Waals surface area contributed by atoms with Gasteiger partial charge in [-0.05, 0) is 63.1 Å². The first-order chi connectivity index (χ1) is 38.1. The minimum Gasteiger partial charge on any atom is -0.496 e. The second-order valence-electron chi connectivity index (χ2n) is 18.2. The van der Waals surface area contributed by atoms with Crippen molar-refractivity contribution in [2.24, 2.45) is 0 Å². The number of ether oxygens (including phenoxy) is 4. The molecule has 410 valence electrons. The van der Waals surface area contributed by atoms with Gasteiger partial charge in [-0.15, -0.1) is 9.59 Å². The molecule has 8 heterocycles. The van der Waals surface area contributed by atoms with E-state index in [1.54, 1.807) is 20.9 Å². The van der Waals surface area contributed by atoms with Gasteiger partial charge in [-0.3, -0.25) is 28.3 Å². The third-order valence-electron chi connectivity index (χ3n) is 13.5. The predicted octanol–water partition coefficient (Wildman–Crippen LogP) is 4.33. The number of likely N-dealkylation sites (tertiary alicyclic amines) is 1. The van der Waals surface area contributed by atoms with Crippen molar-refractivity contribution in [3.63, 3.8) is 0 Å². The monoisotopic (exact) mass is 1120 g/mol. The Bertz CT molecular complexity index is 3950. The summed E-state index contributed by atoms with van der Waals surface area (Å²) in [6.07, 6.45) is 4.82. The average Bonchev–Trinajstić information content (AvgIpc) is 4.54. The molecule has 10 rings (SSSR count). The second kappa shape index (κ2) is 23.5. The number of fused-ring (bicyclic) bond motifs is 2. The van der Waals surface area contributed by atoms with Crippen molar-refractivity contribution in [2.45, 2.75) is 76.9 Å². The molecule has 2 fully saturated rings. The zero-order valence-corrected chi connectivity index (χ0v) is 44.8. The molecule has 28 heteroatoms. The number of nitrogens with zero attached hydrogens (tertiary/aromatic N) is 13. The molecule has 1 N–H and O–H groups in total. The number of hydrogen-bond acceptors (Lipinski definition) is 18. The Morgan fingerprint density at radius 2 is 1.13 bits per heavy atom. The predicted molar refractivity (Wildman–Crippen MR) is 282 cm³/mol. The fraction of sp³-hybridized carbons (Fsp3) is 0.373. The Morgan fingerprint density at radius 3 is 1.51 bits per heavy atom. The normalized spacial score (nSPS) is 15.9. The zero-order valence-electron chi connectivity index (χ0n) is 43.1. The lowest BCUT2D eigenvalue weighted by atomic mass is 10.1. The minimum atomic E-state index is -0.979. The van der Waals surface area contributed by atoms with Crippen LogP contribution in [0.15, 0.2) is 80.4 Å². The molecule has 79 heavy (non-hydrogen) atoms. The van der Waals surface area contributed by atoms with Crippen molar-refractivity contribution >= 4 is 54.9 Å². The van der Waals surface area contributed by atoms with Crippen LogP contribution >= 0.6 is 22.7 Å². The maximum Gasteiger partial charge on any atom is 0.332 e. The number of aromatic nitrogens is 10. The Morgan fingerprint density at radius 1 is 0.684 bits per heavy atom. The third kappa shape index (κ3) is 10.6. The maximum atomic E-state index is 14.4. The van der Waals surface area contributed by atoms with Crippen molar-refractivity contribution in [1.29, 1.82) is 10.5 Å². The molecule has 4 atom stereocenters. The largest absolute Gasteiger partial charge is 0.496 e. The van der Waals surface area contributed by atoms with Gasteiger partial charge >= 0.3 is 11.4 Å². The highest BCUT2D eigenvalue weighted by atomic mass is 32.1. The van der Waals surface area contributed by atoms with E-state index in [9.17, 15) is 37.5 Å². The average molecular weight is 1120 g/mol. The molecule has 0 spiro atoms. The van der Waals surface area contributed by atoms with Crippen LogP contribution in [0.4, 0.5) is 8.78 Å². The summed E-state index contributed by atoms with van der Waals surface area (Å²) in [5.74, 6) is -1.17. The molecule has 0 aliphatic carbocycles. The fourth-order valence-corrected chi connectivity index (χ4v) is 12.1. The first-order valence-electron chi connectivity index (χ1n) is 24.6. The van der Waals surface area contributed by atoms with Gasteiger partial charge in [0.1, 0.15) is 67.1 Å². The van der Waals surface area contributed by atoms with Gasteiger partial charge in [0.2, 0.25) is 11.8 Å². The van der Waals surface area contributed by atoms with Crippen molar-refractivity contribution < 1.29 is 37.3 Å². The van der Waals surface area contributed by atoms with Crippen molar-refractivity contribution in [3.05, 3.63) is 137 Å². The molecule has 0 saturated carbocycles.